The van der Waals surface area contributed by atoms with E-state index in [-0.39, 0.29) is 11.7 Å². The third kappa shape index (κ3) is 3.47. The molecule has 0 spiro atoms. The van der Waals surface area contributed by atoms with E-state index in [4.69, 9.17) is 9.15 Å². The summed E-state index contributed by atoms with van der Waals surface area (Å²) >= 11 is 0. The van der Waals surface area contributed by atoms with E-state index in [0.29, 0.717) is 22.6 Å². The van der Waals surface area contributed by atoms with Crippen LogP contribution in [0.25, 0.3) is 0 Å². The van der Waals surface area contributed by atoms with Gasteiger partial charge in [-0.05, 0) is 43.7 Å². The monoisotopic (exact) mass is 290 g/mol. The maximum Gasteiger partial charge on any atom is 0.274 e. The molecule has 110 valence electrons. The maximum absolute atomic E-state index is 13.5. The minimum absolute atomic E-state index is 0.153. The van der Waals surface area contributed by atoms with Gasteiger partial charge >= 0.3 is 0 Å². The standard InChI is InChI=1S/C15H15FN2O3/c1-9-6-12(10(2)21-9)15(19)18-17-8-11-4-5-14(20-3)13(16)7-11/h4-8H,1-3H3,(H,18,19)/b17-8-. The van der Waals surface area contributed by atoms with E-state index in [1.807, 2.05) is 0 Å². The molecular weight excluding hydrogens is 275 g/mol. The number of nitrogens with zero attached hydrogens (tertiary/aromatic N) is 1. The molecule has 0 radical (unpaired) electrons. The second kappa shape index (κ2) is 6.21. The van der Waals surface area contributed by atoms with Crippen LogP contribution < -0.4 is 10.2 Å². The lowest BCUT2D eigenvalue weighted by molar-refractivity contribution is 0.0953. The van der Waals surface area contributed by atoms with Crippen LogP contribution in [-0.4, -0.2) is 19.2 Å². The van der Waals surface area contributed by atoms with Gasteiger partial charge < -0.3 is 9.15 Å². The van der Waals surface area contributed by atoms with Crippen LogP contribution >= 0.6 is 0 Å². The van der Waals surface area contributed by atoms with Crippen molar-refractivity contribution in [2.45, 2.75) is 13.8 Å². The average Bonchev–Trinajstić information content (AvgIpc) is 2.78. The molecule has 1 aromatic heterocycles. The summed E-state index contributed by atoms with van der Waals surface area (Å²) in [4.78, 5) is 11.9. The fraction of sp³-hybridized carbons (Fsp3) is 0.200. The summed E-state index contributed by atoms with van der Waals surface area (Å²) < 4.78 is 23.6. The smallest absolute Gasteiger partial charge is 0.274 e. The number of hydrazone groups is 1. The molecule has 1 N–H and O–H groups in total. The van der Waals surface area contributed by atoms with Gasteiger partial charge in [-0.1, -0.05) is 0 Å². The highest BCUT2D eigenvalue weighted by atomic mass is 19.1. The van der Waals surface area contributed by atoms with Crippen LogP contribution in [0.2, 0.25) is 0 Å². The first-order chi connectivity index (χ1) is 10.0. The van der Waals surface area contributed by atoms with Crippen LogP contribution in [0.1, 0.15) is 27.4 Å². The zero-order valence-corrected chi connectivity index (χ0v) is 11.9. The highest BCUT2D eigenvalue weighted by Gasteiger charge is 2.12. The number of methoxy groups -OCH3 is 1. The van der Waals surface area contributed by atoms with Crippen molar-refractivity contribution in [3.8, 4) is 5.75 Å². The topological polar surface area (TPSA) is 63.8 Å². The molecule has 0 aliphatic rings. The van der Waals surface area contributed by atoms with Crippen LogP contribution in [0, 0.1) is 19.7 Å². The van der Waals surface area contributed by atoms with Gasteiger partial charge in [0.2, 0.25) is 0 Å². The molecule has 0 bridgehead atoms. The second-order valence-corrected chi connectivity index (χ2v) is 4.42. The van der Waals surface area contributed by atoms with Gasteiger partial charge in [-0.3, -0.25) is 4.79 Å². The van der Waals surface area contributed by atoms with Crippen LogP contribution in [0.15, 0.2) is 33.8 Å². The lowest BCUT2D eigenvalue weighted by Gasteiger charge is -2.01. The highest BCUT2D eigenvalue weighted by Crippen LogP contribution is 2.16. The van der Waals surface area contributed by atoms with Crippen molar-refractivity contribution < 1.29 is 18.3 Å². The molecule has 0 saturated carbocycles. The average molecular weight is 290 g/mol. The number of amides is 1. The molecule has 1 heterocycles. The number of halogens is 1. The summed E-state index contributed by atoms with van der Waals surface area (Å²) in [6.45, 7) is 3.46. The summed E-state index contributed by atoms with van der Waals surface area (Å²) in [5.41, 5.74) is 3.30. The molecule has 6 heteroatoms. The van der Waals surface area contributed by atoms with E-state index < -0.39 is 5.82 Å². The molecule has 5 nitrogen and oxygen atoms in total. The van der Waals surface area contributed by atoms with E-state index in [0.717, 1.165) is 0 Å². The Balaban J connectivity index is 2.04. The molecule has 0 aliphatic carbocycles. The zero-order valence-electron chi connectivity index (χ0n) is 11.9. The molecule has 21 heavy (non-hydrogen) atoms. The Bertz CT molecular complexity index is 692. The summed E-state index contributed by atoms with van der Waals surface area (Å²) in [7, 11) is 1.39. The number of nitrogens with one attached hydrogen (secondary N) is 1. The van der Waals surface area contributed by atoms with Crippen molar-refractivity contribution >= 4 is 12.1 Å². The van der Waals surface area contributed by atoms with E-state index in [1.165, 1.54) is 25.5 Å². The number of furan rings is 1. The fourth-order valence-corrected chi connectivity index (χ4v) is 1.84. The van der Waals surface area contributed by atoms with Gasteiger partial charge in [-0.25, -0.2) is 9.82 Å². The molecule has 0 unspecified atom stereocenters. The summed E-state index contributed by atoms with van der Waals surface area (Å²) in [5, 5.41) is 3.79. The SMILES string of the molecule is COc1ccc(/C=N\NC(=O)c2cc(C)oc2C)cc1F. The number of rotatable bonds is 4. The van der Waals surface area contributed by atoms with Crippen molar-refractivity contribution in [1.29, 1.82) is 0 Å². The van der Waals surface area contributed by atoms with Crippen molar-refractivity contribution in [1.82, 2.24) is 5.43 Å². The predicted octanol–water partition coefficient (Wildman–Crippen LogP) is 2.81. The normalized spacial score (nSPS) is 10.9. The predicted molar refractivity (Wildman–Crippen MR) is 76.2 cm³/mol. The number of hydrogen-bond donors (Lipinski definition) is 1. The summed E-state index contributed by atoms with van der Waals surface area (Å²) in [5.74, 6) is 0.457. The molecule has 2 rings (SSSR count). The highest BCUT2D eigenvalue weighted by molar-refractivity contribution is 5.95. The minimum Gasteiger partial charge on any atom is -0.494 e. The van der Waals surface area contributed by atoms with Gasteiger partial charge in [-0.2, -0.15) is 5.10 Å². The summed E-state index contributed by atoms with van der Waals surface area (Å²) in [6.07, 6.45) is 1.35. The Kier molecular flexibility index (Phi) is 4.37. The number of carbonyl (C=O) groups excluding carboxylic acids is 1. The van der Waals surface area contributed by atoms with E-state index in [9.17, 15) is 9.18 Å². The van der Waals surface area contributed by atoms with Crippen LogP contribution in [0.5, 0.6) is 5.75 Å². The summed E-state index contributed by atoms with van der Waals surface area (Å²) in [6, 6.07) is 6.02. The van der Waals surface area contributed by atoms with Gasteiger partial charge in [0.05, 0.1) is 18.9 Å². The van der Waals surface area contributed by atoms with Crippen LogP contribution in [0.4, 0.5) is 4.39 Å². The van der Waals surface area contributed by atoms with E-state index >= 15 is 0 Å². The Morgan fingerprint density at radius 2 is 2.14 bits per heavy atom. The number of carbonyl (C=O) groups is 1. The molecule has 2 aromatic rings. The number of hydrogen-bond acceptors (Lipinski definition) is 4. The van der Waals surface area contributed by atoms with Crippen molar-refractivity contribution in [3.63, 3.8) is 0 Å². The first kappa shape index (κ1) is 14.8. The fourth-order valence-electron chi connectivity index (χ4n) is 1.84. The van der Waals surface area contributed by atoms with Crippen molar-refractivity contribution in [3.05, 3.63) is 52.7 Å². The molecule has 0 aliphatic heterocycles. The van der Waals surface area contributed by atoms with Gasteiger partial charge in [0, 0.05) is 0 Å². The number of ether oxygens (including phenoxy) is 1. The third-order valence-corrected chi connectivity index (χ3v) is 2.84. The van der Waals surface area contributed by atoms with Gasteiger partial charge in [-0.15, -0.1) is 0 Å². The minimum atomic E-state index is -0.492. The largest absolute Gasteiger partial charge is 0.494 e. The zero-order chi connectivity index (χ0) is 15.4. The lowest BCUT2D eigenvalue weighted by atomic mass is 10.2. The van der Waals surface area contributed by atoms with E-state index in [1.54, 1.807) is 26.0 Å². The van der Waals surface area contributed by atoms with Gasteiger partial charge in [0.25, 0.3) is 5.91 Å². The Morgan fingerprint density at radius 1 is 1.38 bits per heavy atom. The van der Waals surface area contributed by atoms with E-state index in [2.05, 4.69) is 10.5 Å². The quantitative estimate of drug-likeness (QED) is 0.695. The molecule has 0 saturated heterocycles. The number of aryl methyl sites for hydroxylation is 2. The van der Waals surface area contributed by atoms with Crippen molar-refractivity contribution in [2.24, 2.45) is 5.10 Å². The molecule has 0 fully saturated rings. The van der Waals surface area contributed by atoms with Crippen LogP contribution in [-0.2, 0) is 0 Å². The third-order valence-electron chi connectivity index (χ3n) is 2.84. The molecule has 1 aromatic carbocycles. The van der Waals surface area contributed by atoms with Gasteiger partial charge in [0.15, 0.2) is 11.6 Å². The Morgan fingerprint density at radius 3 is 2.71 bits per heavy atom. The Labute approximate surface area is 121 Å². The number of benzene rings is 1. The molecular formula is C15H15FN2O3. The van der Waals surface area contributed by atoms with Crippen LogP contribution in [0.3, 0.4) is 0 Å². The first-order valence-electron chi connectivity index (χ1n) is 6.25. The molecule has 1 amide bonds. The first-order valence-corrected chi connectivity index (χ1v) is 6.25. The Hall–Kier alpha value is -2.63. The second-order valence-electron chi connectivity index (χ2n) is 4.42. The van der Waals surface area contributed by atoms with Gasteiger partial charge in [0.1, 0.15) is 11.5 Å². The lowest BCUT2D eigenvalue weighted by Crippen LogP contribution is -2.17. The maximum atomic E-state index is 13.5. The molecule has 0 atom stereocenters. The van der Waals surface area contributed by atoms with Crippen molar-refractivity contribution in [2.75, 3.05) is 7.11 Å².